The first kappa shape index (κ1) is 17.9. The second-order valence-electron chi connectivity index (χ2n) is 5.33. The van der Waals surface area contributed by atoms with Crippen LogP contribution in [0.25, 0.3) is 0 Å². The minimum atomic E-state index is -3.03. The summed E-state index contributed by atoms with van der Waals surface area (Å²) in [7, 11) is 0. The van der Waals surface area contributed by atoms with Crippen LogP contribution in [-0.4, -0.2) is 24.9 Å². The number of nitrogens with one attached hydrogen (secondary N) is 1. The Hall–Kier alpha value is -1.20. The maximum absolute atomic E-state index is 13.0. The fourth-order valence-electron chi connectivity index (χ4n) is 2.66. The Balaban J connectivity index is 0.00000220. The van der Waals surface area contributed by atoms with Crippen molar-refractivity contribution in [3.8, 4) is 0 Å². The third-order valence-electron chi connectivity index (χ3n) is 3.77. The zero-order chi connectivity index (χ0) is 14.6. The molecule has 1 aliphatic rings. The first-order chi connectivity index (χ1) is 9.52. The van der Waals surface area contributed by atoms with Gasteiger partial charge in [0.25, 0.3) is 5.92 Å². The maximum atomic E-state index is 13.0. The van der Waals surface area contributed by atoms with Crippen molar-refractivity contribution in [3.63, 3.8) is 0 Å². The molecule has 0 saturated heterocycles. The summed E-state index contributed by atoms with van der Waals surface area (Å²) in [6.07, 6.45) is 3.25. The topological polar surface area (TPSA) is 55.1 Å². The molecule has 1 aromatic rings. The predicted octanol–water partition coefficient (Wildman–Crippen LogP) is 2.63. The van der Waals surface area contributed by atoms with E-state index in [9.17, 15) is 13.6 Å². The summed E-state index contributed by atoms with van der Waals surface area (Å²) in [6.45, 7) is -1.43. The number of fused-ring (bicyclic) bond motifs is 1. The van der Waals surface area contributed by atoms with Gasteiger partial charge in [-0.1, -0.05) is 24.3 Å². The van der Waals surface area contributed by atoms with Crippen molar-refractivity contribution < 1.29 is 13.6 Å². The molecule has 1 aliphatic carbocycles. The summed E-state index contributed by atoms with van der Waals surface area (Å²) in [5, 5.41) is 2.28. The van der Waals surface area contributed by atoms with Crippen molar-refractivity contribution in [1.29, 1.82) is 0 Å². The van der Waals surface area contributed by atoms with E-state index in [0.29, 0.717) is 0 Å². The molecule has 0 aliphatic heterocycles. The summed E-state index contributed by atoms with van der Waals surface area (Å²) in [5.74, 6) is -3.23. The number of benzene rings is 1. The van der Waals surface area contributed by atoms with E-state index < -0.39 is 19.0 Å². The Morgan fingerprint density at radius 2 is 2.10 bits per heavy atom. The molecule has 21 heavy (non-hydrogen) atoms. The van der Waals surface area contributed by atoms with Gasteiger partial charge in [-0.2, -0.15) is 0 Å². The zero-order valence-electron chi connectivity index (χ0n) is 11.8. The van der Waals surface area contributed by atoms with Gasteiger partial charge in [0.2, 0.25) is 5.91 Å². The highest BCUT2D eigenvalue weighted by molar-refractivity contribution is 5.85. The third-order valence-corrected chi connectivity index (χ3v) is 3.77. The molecule has 118 valence electrons. The zero-order valence-corrected chi connectivity index (χ0v) is 12.6. The molecule has 0 saturated carbocycles. The third kappa shape index (κ3) is 4.93. The van der Waals surface area contributed by atoms with Gasteiger partial charge in [-0.25, -0.2) is 8.78 Å². The second-order valence-corrected chi connectivity index (χ2v) is 5.33. The van der Waals surface area contributed by atoms with E-state index in [1.165, 1.54) is 11.1 Å². The number of nitrogens with two attached hydrogens (primary N) is 1. The van der Waals surface area contributed by atoms with Gasteiger partial charge < -0.3 is 11.1 Å². The van der Waals surface area contributed by atoms with E-state index in [-0.39, 0.29) is 30.7 Å². The molecule has 0 bridgehead atoms. The monoisotopic (exact) mass is 318 g/mol. The second kappa shape index (κ2) is 7.71. The highest BCUT2D eigenvalue weighted by Crippen LogP contribution is 2.33. The van der Waals surface area contributed by atoms with Crippen LogP contribution in [-0.2, 0) is 11.2 Å². The quantitative estimate of drug-likeness (QED) is 0.877. The van der Waals surface area contributed by atoms with E-state index in [0.717, 1.165) is 19.3 Å². The number of carbonyl (C=O) groups is 1. The molecule has 0 aromatic heterocycles. The van der Waals surface area contributed by atoms with Crippen molar-refractivity contribution in [2.24, 2.45) is 5.73 Å². The number of hydrogen-bond acceptors (Lipinski definition) is 2. The van der Waals surface area contributed by atoms with Crippen molar-refractivity contribution in [3.05, 3.63) is 35.4 Å². The normalized spacial score (nSPS) is 17.6. The van der Waals surface area contributed by atoms with Gasteiger partial charge in [0.05, 0.1) is 13.1 Å². The van der Waals surface area contributed by atoms with Crippen LogP contribution in [0.15, 0.2) is 24.3 Å². The van der Waals surface area contributed by atoms with Gasteiger partial charge in [-0.15, -0.1) is 12.4 Å². The molecule has 6 heteroatoms. The fraction of sp³-hybridized carbons (Fsp3) is 0.533. The lowest BCUT2D eigenvalue weighted by Gasteiger charge is -2.25. The first-order valence-electron chi connectivity index (χ1n) is 6.94. The smallest absolute Gasteiger partial charge is 0.277 e. The highest BCUT2D eigenvalue weighted by atomic mass is 35.5. The molecule has 1 amide bonds. The molecule has 1 unspecified atom stereocenters. The van der Waals surface area contributed by atoms with Crippen LogP contribution < -0.4 is 11.1 Å². The summed E-state index contributed by atoms with van der Waals surface area (Å²) in [4.78, 5) is 11.8. The number of aryl methyl sites for hydroxylation is 1. The van der Waals surface area contributed by atoms with Crippen LogP contribution in [0.3, 0.4) is 0 Å². The summed E-state index contributed by atoms with van der Waals surface area (Å²) >= 11 is 0. The van der Waals surface area contributed by atoms with E-state index in [1.54, 1.807) is 0 Å². The Labute approximate surface area is 129 Å². The lowest BCUT2D eigenvalue weighted by molar-refractivity contribution is -0.123. The Morgan fingerprint density at radius 1 is 1.38 bits per heavy atom. The number of carbonyl (C=O) groups excluding carboxylic acids is 1. The van der Waals surface area contributed by atoms with Crippen molar-refractivity contribution in [2.75, 3.05) is 13.1 Å². The standard InChI is InChI=1S/C15H20F2N2O.ClH/c16-15(17,9-18)10-19-14(20)8-12-6-3-5-11-4-1-2-7-13(11)12;/h1-2,4,7,12H,3,5-6,8-10,18H2,(H,19,20);1H. The van der Waals surface area contributed by atoms with Crippen LogP contribution in [0.5, 0.6) is 0 Å². The fourth-order valence-corrected chi connectivity index (χ4v) is 2.66. The SMILES string of the molecule is Cl.NCC(F)(F)CNC(=O)CC1CCCc2ccccc21. The summed E-state index contributed by atoms with van der Waals surface area (Å²) in [6, 6.07) is 8.05. The molecule has 0 fully saturated rings. The molecule has 3 nitrogen and oxygen atoms in total. The minimum absolute atomic E-state index is 0. The molecule has 1 aromatic carbocycles. The average Bonchev–Trinajstić information content (AvgIpc) is 2.46. The average molecular weight is 319 g/mol. The Morgan fingerprint density at radius 3 is 2.81 bits per heavy atom. The van der Waals surface area contributed by atoms with Gasteiger partial charge >= 0.3 is 0 Å². The molecule has 2 rings (SSSR count). The van der Waals surface area contributed by atoms with Crippen LogP contribution in [0, 0.1) is 0 Å². The number of hydrogen-bond donors (Lipinski definition) is 2. The summed E-state index contributed by atoms with van der Waals surface area (Å²) in [5.41, 5.74) is 7.39. The van der Waals surface area contributed by atoms with E-state index >= 15 is 0 Å². The molecule has 0 radical (unpaired) electrons. The molecule has 3 N–H and O–H groups in total. The van der Waals surface area contributed by atoms with Crippen molar-refractivity contribution in [2.45, 2.75) is 37.5 Å². The molecule has 0 spiro atoms. The lowest BCUT2D eigenvalue weighted by atomic mass is 9.81. The summed E-state index contributed by atoms with van der Waals surface area (Å²) < 4.78 is 26.0. The van der Waals surface area contributed by atoms with E-state index in [1.807, 2.05) is 18.2 Å². The molecular formula is C15H21ClF2N2O. The largest absolute Gasteiger partial charge is 0.350 e. The van der Waals surface area contributed by atoms with Crippen LogP contribution in [0.1, 0.15) is 36.3 Å². The van der Waals surface area contributed by atoms with Gasteiger partial charge in [0.15, 0.2) is 0 Å². The highest BCUT2D eigenvalue weighted by Gasteiger charge is 2.28. The molecular weight excluding hydrogens is 298 g/mol. The van der Waals surface area contributed by atoms with Crippen molar-refractivity contribution >= 4 is 18.3 Å². The van der Waals surface area contributed by atoms with Crippen LogP contribution in [0.4, 0.5) is 8.78 Å². The van der Waals surface area contributed by atoms with Crippen molar-refractivity contribution in [1.82, 2.24) is 5.32 Å². The number of amides is 1. The van der Waals surface area contributed by atoms with E-state index in [4.69, 9.17) is 5.73 Å². The number of halogens is 3. The number of rotatable bonds is 5. The number of alkyl halides is 2. The first-order valence-corrected chi connectivity index (χ1v) is 6.94. The molecule has 0 heterocycles. The predicted molar refractivity (Wildman–Crippen MR) is 81.0 cm³/mol. The lowest BCUT2D eigenvalue weighted by Crippen LogP contribution is -2.41. The Bertz CT molecular complexity index is 482. The van der Waals surface area contributed by atoms with Crippen LogP contribution in [0.2, 0.25) is 0 Å². The van der Waals surface area contributed by atoms with Crippen LogP contribution >= 0.6 is 12.4 Å². The van der Waals surface area contributed by atoms with E-state index in [2.05, 4.69) is 11.4 Å². The Kier molecular flexibility index (Phi) is 6.55. The van der Waals surface area contributed by atoms with Gasteiger partial charge in [-0.05, 0) is 36.3 Å². The minimum Gasteiger partial charge on any atom is -0.350 e. The van der Waals surface area contributed by atoms with Gasteiger partial charge in [-0.3, -0.25) is 4.79 Å². The van der Waals surface area contributed by atoms with Gasteiger partial charge in [0, 0.05) is 6.42 Å². The maximum Gasteiger partial charge on any atom is 0.277 e. The van der Waals surface area contributed by atoms with Gasteiger partial charge in [0.1, 0.15) is 0 Å². The molecule has 1 atom stereocenters.